The molecule has 2 N–H and O–H groups in total. The SMILES string of the molecule is CC/C=C\C/C=C\C/C=C\C/C=C\C/C=C\CCCC(=O)OCC(COP(=O)(O)OCCNC)OC(=O)CCCCCCCCCCC/C=C\C/C=C\CCCCC. The number of allylic oxidation sites excluding steroid dienone is 14. The van der Waals surface area contributed by atoms with Crippen LogP contribution in [0.25, 0.3) is 0 Å². The van der Waals surface area contributed by atoms with Crippen LogP contribution in [0.5, 0.6) is 0 Å². The highest BCUT2D eigenvalue weighted by atomic mass is 31.2. The molecule has 0 aromatic rings. The molecule has 0 aromatic carbocycles. The van der Waals surface area contributed by atoms with Crippen molar-refractivity contribution in [2.75, 3.05) is 33.4 Å². The van der Waals surface area contributed by atoms with Gasteiger partial charge in [-0.05, 0) is 90.5 Å². The van der Waals surface area contributed by atoms with Gasteiger partial charge < -0.3 is 19.7 Å². The van der Waals surface area contributed by atoms with E-state index in [9.17, 15) is 19.0 Å². The van der Waals surface area contributed by atoms with Gasteiger partial charge in [0.1, 0.15) is 6.61 Å². The highest BCUT2D eigenvalue weighted by Gasteiger charge is 2.26. The van der Waals surface area contributed by atoms with E-state index in [1.165, 1.54) is 57.8 Å². The number of likely N-dealkylation sites (N-methyl/N-ethyl adjacent to an activating group) is 1. The minimum absolute atomic E-state index is 0.0310. The average molecular weight is 832 g/mol. The molecule has 0 amide bonds. The van der Waals surface area contributed by atoms with Gasteiger partial charge >= 0.3 is 19.8 Å². The molecule has 0 rings (SSSR count). The zero-order valence-corrected chi connectivity index (χ0v) is 37.6. The number of ether oxygens (including phenoxy) is 2. The summed E-state index contributed by atoms with van der Waals surface area (Å²) in [5.41, 5.74) is 0. The summed E-state index contributed by atoms with van der Waals surface area (Å²) in [6.07, 6.45) is 53.5. The van der Waals surface area contributed by atoms with E-state index in [1.54, 1.807) is 7.05 Å². The summed E-state index contributed by atoms with van der Waals surface area (Å²) in [5.74, 6) is -0.886. The maximum absolute atomic E-state index is 12.6. The van der Waals surface area contributed by atoms with E-state index in [-0.39, 0.29) is 26.1 Å². The van der Waals surface area contributed by atoms with E-state index in [4.69, 9.17) is 18.5 Å². The predicted molar refractivity (Wildman–Crippen MR) is 243 cm³/mol. The van der Waals surface area contributed by atoms with Crippen molar-refractivity contribution < 1.29 is 37.6 Å². The van der Waals surface area contributed by atoms with Crippen LogP contribution in [0.2, 0.25) is 0 Å². The Kier molecular flexibility index (Phi) is 41.6. The number of rotatable bonds is 41. The van der Waals surface area contributed by atoms with Crippen molar-refractivity contribution in [2.45, 2.75) is 174 Å². The van der Waals surface area contributed by atoms with E-state index >= 15 is 0 Å². The van der Waals surface area contributed by atoms with Gasteiger partial charge in [0.05, 0.1) is 13.2 Å². The first-order valence-corrected chi connectivity index (χ1v) is 24.0. The minimum atomic E-state index is -4.37. The number of phosphoric ester groups is 1. The molecule has 0 spiro atoms. The first kappa shape index (κ1) is 55.2. The van der Waals surface area contributed by atoms with Crippen LogP contribution in [0.1, 0.15) is 168 Å². The van der Waals surface area contributed by atoms with Crippen LogP contribution in [0.4, 0.5) is 0 Å². The van der Waals surface area contributed by atoms with Crippen molar-refractivity contribution in [3.05, 3.63) is 85.1 Å². The van der Waals surface area contributed by atoms with Gasteiger partial charge in [-0.25, -0.2) is 4.57 Å². The molecule has 0 fully saturated rings. The fourth-order valence-corrected chi connectivity index (χ4v) is 6.37. The summed E-state index contributed by atoms with van der Waals surface area (Å²) < 4.78 is 33.2. The number of esters is 2. The largest absolute Gasteiger partial charge is 0.472 e. The molecule has 0 aliphatic heterocycles. The molecule has 0 aliphatic rings. The van der Waals surface area contributed by atoms with Crippen molar-refractivity contribution >= 4 is 19.8 Å². The standard InChI is InChI=1S/C48H82NO8P/c1-4-6-8-10-12-14-16-18-20-22-23-25-27-29-31-33-35-37-39-41-48(51)57-46(45-56-58(52,53)55-43-42-49-3)44-54-47(50)40-38-36-34-32-30-28-26-24-21-19-17-15-13-11-9-7-5-2/h7,9,12-15,18-21,26,28,32,34,46,49H,4-6,8,10-11,16-17,22-25,27,29-31,33,35-45H2,1-3H3,(H,52,53)/b9-7-,14-12-,15-13-,20-18-,21-19-,28-26-,34-32-. The molecule has 2 unspecified atom stereocenters. The van der Waals surface area contributed by atoms with E-state index < -0.39 is 32.5 Å². The van der Waals surface area contributed by atoms with Gasteiger partial charge in [0.25, 0.3) is 0 Å². The molecule has 0 aliphatic carbocycles. The Morgan fingerprint density at radius 3 is 1.52 bits per heavy atom. The number of hydrogen-bond donors (Lipinski definition) is 2. The number of carbonyl (C=O) groups excluding carboxylic acids is 2. The molecule has 0 saturated carbocycles. The number of phosphoric acid groups is 1. The summed E-state index contributed by atoms with van der Waals surface area (Å²) in [4.78, 5) is 35.1. The number of unbranched alkanes of at least 4 members (excludes halogenated alkanes) is 13. The lowest BCUT2D eigenvalue weighted by Gasteiger charge is -2.20. The summed E-state index contributed by atoms with van der Waals surface area (Å²) in [6, 6.07) is 0. The highest BCUT2D eigenvalue weighted by molar-refractivity contribution is 7.47. The van der Waals surface area contributed by atoms with Gasteiger partial charge in [-0.3, -0.25) is 18.6 Å². The van der Waals surface area contributed by atoms with E-state index in [2.05, 4.69) is 98.2 Å². The Morgan fingerprint density at radius 1 is 0.552 bits per heavy atom. The van der Waals surface area contributed by atoms with Gasteiger partial charge in [-0.1, -0.05) is 157 Å². The Balaban J connectivity index is 4.30. The summed E-state index contributed by atoms with van der Waals surface area (Å²) in [5, 5.41) is 2.82. The fourth-order valence-electron chi connectivity index (χ4n) is 5.62. The third-order valence-electron chi connectivity index (χ3n) is 9.00. The molecule has 2 atom stereocenters. The predicted octanol–water partition coefficient (Wildman–Crippen LogP) is 13.1. The molecule has 332 valence electrons. The van der Waals surface area contributed by atoms with Gasteiger partial charge in [0.2, 0.25) is 0 Å². The Morgan fingerprint density at radius 2 is 1.00 bits per heavy atom. The number of nitrogens with one attached hydrogen (secondary N) is 1. The van der Waals surface area contributed by atoms with Crippen LogP contribution in [0.3, 0.4) is 0 Å². The first-order chi connectivity index (χ1) is 28.3. The smallest absolute Gasteiger partial charge is 0.462 e. The zero-order valence-electron chi connectivity index (χ0n) is 36.7. The Labute approximate surface area is 354 Å². The lowest BCUT2D eigenvalue weighted by molar-refractivity contribution is -0.161. The minimum Gasteiger partial charge on any atom is -0.462 e. The third-order valence-corrected chi connectivity index (χ3v) is 9.98. The molecule has 0 heterocycles. The molecular formula is C48H82NO8P. The molecule has 0 bridgehead atoms. The summed E-state index contributed by atoms with van der Waals surface area (Å²) >= 11 is 0. The van der Waals surface area contributed by atoms with Crippen molar-refractivity contribution in [2.24, 2.45) is 0 Å². The van der Waals surface area contributed by atoms with Gasteiger partial charge in [0, 0.05) is 19.4 Å². The zero-order chi connectivity index (χ0) is 42.5. The first-order valence-electron chi connectivity index (χ1n) is 22.5. The topological polar surface area (TPSA) is 120 Å². The van der Waals surface area contributed by atoms with Gasteiger partial charge in [0.15, 0.2) is 6.10 Å². The van der Waals surface area contributed by atoms with Crippen LogP contribution in [-0.2, 0) is 32.7 Å². The van der Waals surface area contributed by atoms with Crippen LogP contribution in [0.15, 0.2) is 85.1 Å². The molecule has 0 saturated heterocycles. The quantitative estimate of drug-likeness (QED) is 0.0268. The second-order valence-electron chi connectivity index (χ2n) is 14.5. The summed E-state index contributed by atoms with van der Waals surface area (Å²) in [6.45, 7) is 4.00. The van der Waals surface area contributed by atoms with Crippen molar-refractivity contribution in [1.29, 1.82) is 0 Å². The molecule has 58 heavy (non-hydrogen) atoms. The maximum Gasteiger partial charge on any atom is 0.472 e. The second kappa shape index (κ2) is 43.8. The average Bonchev–Trinajstić information content (AvgIpc) is 3.21. The second-order valence-corrected chi connectivity index (χ2v) is 15.9. The molecule has 9 nitrogen and oxygen atoms in total. The van der Waals surface area contributed by atoms with Crippen LogP contribution in [-0.4, -0.2) is 56.3 Å². The van der Waals surface area contributed by atoms with Crippen molar-refractivity contribution in [1.82, 2.24) is 5.32 Å². The van der Waals surface area contributed by atoms with Gasteiger partial charge in [-0.2, -0.15) is 0 Å². The molecular weight excluding hydrogens is 750 g/mol. The van der Waals surface area contributed by atoms with E-state index in [1.807, 2.05) is 6.08 Å². The highest BCUT2D eigenvalue weighted by Crippen LogP contribution is 2.43. The van der Waals surface area contributed by atoms with Crippen LogP contribution < -0.4 is 5.32 Å². The number of hydrogen-bond acceptors (Lipinski definition) is 8. The molecule has 0 radical (unpaired) electrons. The number of carbonyl (C=O) groups is 2. The monoisotopic (exact) mass is 832 g/mol. The normalized spacial score (nSPS) is 14.1. The maximum atomic E-state index is 12.6. The fraction of sp³-hybridized carbons (Fsp3) is 0.667. The van der Waals surface area contributed by atoms with E-state index in [0.717, 1.165) is 70.6 Å². The van der Waals surface area contributed by atoms with Crippen molar-refractivity contribution in [3.8, 4) is 0 Å². The van der Waals surface area contributed by atoms with Crippen LogP contribution in [0, 0.1) is 0 Å². The van der Waals surface area contributed by atoms with Crippen LogP contribution >= 0.6 is 7.82 Å². The van der Waals surface area contributed by atoms with E-state index in [0.29, 0.717) is 19.4 Å². The lowest BCUT2D eigenvalue weighted by Crippen LogP contribution is -2.29. The Bertz CT molecular complexity index is 1220. The Hall–Kier alpha value is -2.81. The molecule has 0 aromatic heterocycles. The summed E-state index contributed by atoms with van der Waals surface area (Å²) in [7, 11) is -2.68. The van der Waals surface area contributed by atoms with Gasteiger partial charge in [-0.15, -0.1) is 0 Å². The molecule has 10 heteroatoms. The van der Waals surface area contributed by atoms with Crippen molar-refractivity contribution in [3.63, 3.8) is 0 Å². The third kappa shape index (κ3) is 42.8. The lowest BCUT2D eigenvalue weighted by atomic mass is 10.1.